The van der Waals surface area contributed by atoms with Crippen LogP contribution in [0.5, 0.6) is 0 Å². The standard InChI is InChI=1S/C15H14F3NO2S/c1-10-6-7-13(8-11(10)2)19-22(20,21)14-5-3-4-12(9-14)15(16,17)18/h3-9,19H,1-2H3. The third-order valence-corrected chi connectivity index (χ3v) is 4.61. The molecule has 0 aliphatic rings. The van der Waals surface area contributed by atoms with E-state index < -0.39 is 26.7 Å². The van der Waals surface area contributed by atoms with Crippen LogP contribution < -0.4 is 4.72 Å². The van der Waals surface area contributed by atoms with Gasteiger partial charge >= 0.3 is 6.18 Å². The molecule has 0 saturated heterocycles. The van der Waals surface area contributed by atoms with Gasteiger partial charge in [0.2, 0.25) is 0 Å². The van der Waals surface area contributed by atoms with Crippen LogP contribution in [-0.2, 0) is 16.2 Å². The van der Waals surface area contributed by atoms with E-state index in [2.05, 4.69) is 4.72 Å². The van der Waals surface area contributed by atoms with E-state index in [1.54, 1.807) is 18.2 Å². The van der Waals surface area contributed by atoms with E-state index in [1.807, 2.05) is 13.8 Å². The fourth-order valence-corrected chi connectivity index (χ4v) is 2.95. The van der Waals surface area contributed by atoms with Crippen molar-refractivity contribution in [3.8, 4) is 0 Å². The van der Waals surface area contributed by atoms with Crippen LogP contribution in [0.25, 0.3) is 0 Å². The van der Waals surface area contributed by atoms with Gasteiger partial charge in [-0.3, -0.25) is 4.72 Å². The van der Waals surface area contributed by atoms with Crippen molar-refractivity contribution in [3.05, 3.63) is 59.2 Å². The summed E-state index contributed by atoms with van der Waals surface area (Å²) in [7, 11) is -4.08. The van der Waals surface area contributed by atoms with Crippen LogP contribution in [0.15, 0.2) is 47.4 Å². The minimum absolute atomic E-state index is 0.306. The molecule has 0 amide bonds. The highest BCUT2D eigenvalue weighted by Crippen LogP contribution is 2.31. The number of aryl methyl sites for hydroxylation is 2. The molecule has 0 radical (unpaired) electrons. The van der Waals surface area contributed by atoms with Gasteiger partial charge in [-0.25, -0.2) is 8.42 Å². The van der Waals surface area contributed by atoms with Crippen molar-refractivity contribution in [3.63, 3.8) is 0 Å². The van der Waals surface area contributed by atoms with Gasteiger partial charge in [0.25, 0.3) is 10.0 Å². The number of hydrogen-bond donors (Lipinski definition) is 1. The Morgan fingerprint density at radius 1 is 0.955 bits per heavy atom. The number of nitrogens with one attached hydrogen (secondary N) is 1. The monoisotopic (exact) mass is 329 g/mol. The fourth-order valence-electron chi connectivity index (χ4n) is 1.86. The Morgan fingerprint density at radius 3 is 2.23 bits per heavy atom. The summed E-state index contributed by atoms with van der Waals surface area (Å²) in [5.41, 5.74) is 1.17. The highest BCUT2D eigenvalue weighted by atomic mass is 32.2. The van der Waals surface area contributed by atoms with E-state index in [9.17, 15) is 21.6 Å². The van der Waals surface area contributed by atoms with Gasteiger partial charge < -0.3 is 0 Å². The van der Waals surface area contributed by atoms with Crippen molar-refractivity contribution in [1.29, 1.82) is 0 Å². The van der Waals surface area contributed by atoms with Crippen LogP contribution in [0, 0.1) is 13.8 Å². The molecule has 7 heteroatoms. The van der Waals surface area contributed by atoms with Gasteiger partial charge in [0.05, 0.1) is 10.5 Å². The molecule has 118 valence electrons. The van der Waals surface area contributed by atoms with Crippen molar-refractivity contribution >= 4 is 15.7 Å². The van der Waals surface area contributed by atoms with Crippen molar-refractivity contribution in [2.24, 2.45) is 0 Å². The Kier molecular flexibility index (Phi) is 4.19. The third-order valence-electron chi connectivity index (χ3n) is 3.23. The first-order valence-corrected chi connectivity index (χ1v) is 7.85. The quantitative estimate of drug-likeness (QED) is 0.920. The molecule has 0 aromatic heterocycles. The zero-order valence-corrected chi connectivity index (χ0v) is 12.7. The molecule has 0 fully saturated rings. The zero-order chi connectivity index (χ0) is 16.5. The van der Waals surface area contributed by atoms with Crippen molar-refractivity contribution in [1.82, 2.24) is 0 Å². The van der Waals surface area contributed by atoms with Gasteiger partial charge in [0.15, 0.2) is 0 Å². The molecule has 1 N–H and O–H groups in total. The number of halogens is 3. The maximum atomic E-state index is 12.7. The summed E-state index contributed by atoms with van der Waals surface area (Å²) in [6.07, 6.45) is -4.59. The highest BCUT2D eigenvalue weighted by molar-refractivity contribution is 7.92. The Hall–Kier alpha value is -2.02. The lowest BCUT2D eigenvalue weighted by Crippen LogP contribution is -2.14. The molecule has 22 heavy (non-hydrogen) atoms. The number of alkyl halides is 3. The van der Waals surface area contributed by atoms with Crippen molar-refractivity contribution < 1.29 is 21.6 Å². The summed E-state index contributed by atoms with van der Waals surface area (Å²) < 4.78 is 64.7. The second kappa shape index (κ2) is 5.64. The Morgan fingerprint density at radius 2 is 1.64 bits per heavy atom. The van der Waals surface area contributed by atoms with Gasteiger partial charge in [-0.2, -0.15) is 13.2 Å². The predicted octanol–water partition coefficient (Wildman–Crippen LogP) is 4.12. The van der Waals surface area contributed by atoms with Crippen molar-refractivity contribution in [2.75, 3.05) is 4.72 Å². The minimum atomic E-state index is -4.59. The van der Waals surface area contributed by atoms with Gasteiger partial charge in [-0.15, -0.1) is 0 Å². The van der Waals surface area contributed by atoms with E-state index >= 15 is 0 Å². The molecule has 3 nitrogen and oxygen atoms in total. The van der Waals surface area contributed by atoms with Crippen LogP contribution in [0.1, 0.15) is 16.7 Å². The number of hydrogen-bond acceptors (Lipinski definition) is 2. The molecule has 2 rings (SSSR count). The van der Waals surface area contributed by atoms with Crippen LogP contribution in [0.4, 0.5) is 18.9 Å². The summed E-state index contributed by atoms with van der Waals surface area (Å²) >= 11 is 0. The molecule has 0 unspecified atom stereocenters. The van der Waals surface area contributed by atoms with Gasteiger partial charge in [0, 0.05) is 5.69 Å². The van der Waals surface area contributed by atoms with Crippen LogP contribution in [0.3, 0.4) is 0 Å². The summed E-state index contributed by atoms with van der Waals surface area (Å²) in [5.74, 6) is 0. The normalized spacial score (nSPS) is 12.2. The summed E-state index contributed by atoms with van der Waals surface area (Å²) in [6, 6.07) is 8.56. The first kappa shape index (κ1) is 16.4. The predicted molar refractivity (Wildman–Crippen MR) is 78.2 cm³/mol. The van der Waals surface area contributed by atoms with E-state index in [0.29, 0.717) is 11.8 Å². The number of rotatable bonds is 3. The number of benzene rings is 2. The number of sulfonamides is 1. The van der Waals surface area contributed by atoms with Gasteiger partial charge in [0.1, 0.15) is 0 Å². The molecule has 0 heterocycles. The molecule has 0 bridgehead atoms. The Labute approximate surface area is 126 Å². The molecule has 0 aliphatic heterocycles. The van der Waals surface area contributed by atoms with E-state index in [-0.39, 0.29) is 0 Å². The average Bonchev–Trinajstić information content (AvgIpc) is 2.42. The van der Waals surface area contributed by atoms with E-state index in [4.69, 9.17) is 0 Å². The minimum Gasteiger partial charge on any atom is -0.280 e. The average molecular weight is 329 g/mol. The van der Waals surface area contributed by atoms with E-state index in [1.165, 1.54) is 0 Å². The molecule has 2 aromatic carbocycles. The van der Waals surface area contributed by atoms with Crippen LogP contribution in [0.2, 0.25) is 0 Å². The Bertz CT molecular complexity index is 799. The maximum Gasteiger partial charge on any atom is 0.416 e. The Balaban J connectivity index is 2.36. The zero-order valence-electron chi connectivity index (χ0n) is 11.9. The fraction of sp³-hybridized carbons (Fsp3) is 0.200. The SMILES string of the molecule is Cc1ccc(NS(=O)(=O)c2cccc(C(F)(F)F)c2)cc1C. The highest BCUT2D eigenvalue weighted by Gasteiger charge is 2.31. The third kappa shape index (κ3) is 3.59. The van der Waals surface area contributed by atoms with Crippen molar-refractivity contribution in [2.45, 2.75) is 24.9 Å². The maximum absolute atomic E-state index is 12.7. The number of anilines is 1. The van der Waals surface area contributed by atoms with Gasteiger partial charge in [-0.05, 0) is 55.3 Å². The molecule has 2 aromatic rings. The van der Waals surface area contributed by atoms with Gasteiger partial charge in [-0.1, -0.05) is 12.1 Å². The van der Waals surface area contributed by atoms with Crippen LogP contribution in [-0.4, -0.2) is 8.42 Å². The topological polar surface area (TPSA) is 46.2 Å². The molecule has 0 saturated carbocycles. The lowest BCUT2D eigenvalue weighted by Gasteiger charge is -2.12. The lowest BCUT2D eigenvalue weighted by atomic mass is 10.1. The molecule has 0 spiro atoms. The van der Waals surface area contributed by atoms with Crippen LogP contribution >= 0.6 is 0 Å². The molecule has 0 atom stereocenters. The summed E-state index contributed by atoms with van der Waals surface area (Å²) in [4.78, 5) is -0.430. The largest absolute Gasteiger partial charge is 0.416 e. The second-order valence-corrected chi connectivity index (χ2v) is 6.61. The molecule has 0 aliphatic carbocycles. The lowest BCUT2D eigenvalue weighted by molar-refractivity contribution is -0.137. The first-order valence-electron chi connectivity index (χ1n) is 6.37. The molecular weight excluding hydrogens is 315 g/mol. The summed E-state index contributed by atoms with van der Waals surface area (Å²) in [5, 5.41) is 0. The smallest absolute Gasteiger partial charge is 0.280 e. The molecular formula is C15H14F3NO2S. The van der Waals surface area contributed by atoms with E-state index in [0.717, 1.165) is 29.3 Å². The first-order chi connectivity index (χ1) is 10.1. The second-order valence-electron chi connectivity index (χ2n) is 4.93. The summed E-state index contributed by atoms with van der Waals surface area (Å²) in [6.45, 7) is 3.69.